The van der Waals surface area contributed by atoms with E-state index in [2.05, 4.69) is 6.08 Å². The lowest BCUT2D eigenvalue weighted by Gasteiger charge is -2.11. The molecule has 0 unspecified atom stereocenters. The topological polar surface area (TPSA) is 23.8 Å². The zero-order valence-corrected chi connectivity index (χ0v) is 6.71. The summed E-state index contributed by atoms with van der Waals surface area (Å²) in [4.78, 5) is 0. The van der Waals surface area contributed by atoms with Gasteiger partial charge in [0.25, 0.3) is 0 Å². The SMILES string of the molecule is N#CC=CC=C1CCCCC1. The molecule has 1 heteroatoms. The molecule has 0 aromatic heterocycles. The fraction of sp³-hybridized carbons (Fsp3) is 0.500. The van der Waals surface area contributed by atoms with Crippen molar-refractivity contribution in [3.63, 3.8) is 0 Å². The largest absolute Gasteiger partial charge is 0.193 e. The van der Waals surface area contributed by atoms with E-state index in [-0.39, 0.29) is 0 Å². The highest BCUT2D eigenvalue weighted by Gasteiger charge is 2.02. The minimum Gasteiger partial charge on any atom is -0.193 e. The minimum absolute atomic E-state index is 1.23. The first-order chi connectivity index (χ1) is 5.43. The van der Waals surface area contributed by atoms with E-state index in [0.29, 0.717) is 0 Å². The van der Waals surface area contributed by atoms with Crippen molar-refractivity contribution >= 4 is 0 Å². The lowest BCUT2D eigenvalue weighted by molar-refractivity contribution is 0.599. The summed E-state index contributed by atoms with van der Waals surface area (Å²) < 4.78 is 0. The summed E-state index contributed by atoms with van der Waals surface area (Å²) in [5.41, 5.74) is 1.50. The Bertz CT molecular complexity index is 197. The molecule has 1 aliphatic rings. The van der Waals surface area contributed by atoms with Crippen molar-refractivity contribution in [3.05, 3.63) is 23.8 Å². The predicted molar refractivity (Wildman–Crippen MR) is 45.9 cm³/mol. The molecule has 0 aromatic rings. The van der Waals surface area contributed by atoms with Crippen LogP contribution >= 0.6 is 0 Å². The van der Waals surface area contributed by atoms with Crippen molar-refractivity contribution in [2.75, 3.05) is 0 Å². The van der Waals surface area contributed by atoms with E-state index in [9.17, 15) is 0 Å². The average Bonchev–Trinajstić information content (AvgIpc) is 2.07. The molecule has 1 aliphatic carbocycles. The molecule has 1 saturated carbocycles. The standard InChI is InChI=1S/C10H13N/c11-9-5-4-8-10-6-2-1-3-7-10/h4-5,8H,1-3,6-7H2. The zero-order valence-electron chi connectivity index (χ0n) is 6.71. The van der Waals surface area contributed by atoms with Gasteiger partial charge in [0.1, 0.15) is 0 Å². The highest BCUT2D eigenvalue weighted by molar-refractivity contribution is 5.17. The summed E-state index contributed by atoms with van der Waals surface area (Å²) in [6, 6.07) is 1.98. The van der Waals surface area contributed by atoms with Gasteiger partial charge in [0, 0.05) is 6.08 Å². The Morgan fingerprint density at radius 3 is 2.55 bits per heavy atom. The smallest absolute Gasteiger partial charge is 0.0912 e. The first-order valence-electron chi connectivity index (χ1n) is 4.17. The summed E-state index contributed by atoms with van der Waals surface area (Å²) in [7, 11) is 0. The van der Waals surface area contributed by atoms with Gasteiger partial charge < -0.3 is 0 Å². The van der Waals surface area contributed by atoms with Gasteiger partial charge in [0.05, 0.1) is 6.07 Å². The van der Waals surface area contributed by atoms with Gasteiger partial charge in [-0.2, -0.15) is 5.26 Å². The summed E-state index contributed by atoms with van der Waals surface area (Å²) >= 11 is 0. The molecule has 0 bridgehead atoms. The normalized spacial score (nSPS) is 18.3. The van der Waals surface area contributed by atoms with Crippen LogP contribution in [0.2, 0.25) is 0 Å². The summed E-state index contributed by atoms with van der Waals surface area (Å²) in [5, 5.41) is 8.23. The van der Waals surface area contributed by atoms with Gasteiger partial charge >= 0.3 is 0 Å². The lowest BCUT2D eigenvalue weighted by Crippen LogP contribution is -1.92. The Balaban J connectivity index is 2.39. The molecule has 0 aliphatic heterocycles. The van der Waals surface area contributed by atoms with E-state index < -0.39 is 0 Å². The maximum Gasteiger partial charge on any atom is 0.0912 e. The van der Waals surface area contributed by atoms with Crippen LogP contribution in [-0.4, -0.2) is 0 Å². The fourth-order valence-electron chi connectivity index (χ4n) is 1.40. The van der Waals surface area contributed by atoms with Crippen LogP contribution in [-0.2, 0) is 0 Å². The number of hydrogen-bond donors (Lipinski definition) is 0. The molecule has 0 amide bonds. The van der Waals surface area contributed by atoms with Gasteiger partial charge in [0.15, 0.2) is 0 Å². The summed E-state index contributed by atoms with van der Waals surface area (Å²) in [6.45, 7) is 0. The molecule has 0 atom stereocenters. The van der Waals surface area contributed by atoms with Gasteiger partial charge in [0.2, 0.25) is 0 Å². The second kappa shape index (κ2) is 4.73. The second-order valence-corrected chi connectivity index (χ2v) is 2.87. The van der Waals surface area contributed by atoms with Crippen LogP contribution < -0.4 is 0 Å². The lowest BCUT2D eigenvalue weighted by atomic mass is 9.95. The number of hydrogen-bond acceptors (Lipinski definition) is 1. The first kappa shape index (κ1) is 8.07. The molecule has 0 aromatic carbocycles. The van der Waals surface area contributed by atoms with Crippen molar-refractivity contribution in [3.8, 4) is 6.07 Å². The number of nitrogens with zero attached hydrogens (tertiary/aromatic N) is 1. The highest BCUT2D eigenvalue weighted by atomic mass is 14.2. The third kappa shape index (κ3) is 3.04. The van der Waals surface area contributed by atoms with Crippen LogP contribution in [0.15, 0.2) is 23.8 Å². The van der Waals surface area contributed by atoms with Crippen molar-refractivity contribution in [2.24, 2.45) is 0 Å². The molecule has 1 fully saturated rings. The van der Waals surface area contributed by atoms with Gasteiger partial charge in [-0.15, -0.1) is 0 Å². The summed E-state index contributed by atoms with van der Waals surface area (Å²) in [6.07, 6.45) is 12.0. The predicted octanol–water partition coefficient (Wildman–Crippen LogP) is 2.96. The quantitative estimate of drug-likeness (QED) is 0.523. The van der Waals surface area contributed by atoms with Crippen LogP contribution in [0.5, 0.6) is 0 Å². The van der Waals surface area contributed by atoms with Crippen LogP contribution in [0, 0.1) is 11.3 Å². The van der Waals surface area contributed by atoms with Crippen molar-refractivity contribution in [2.45, 2.75) is 32.1 Å². The van der Waals surface area contributed by atoms with E-state index in [1.54, 1.807) is 0 Å². The molecule has 0 N–H and O–H groups in total. The summed E-state index contributed by atoms with van der Waals surface area (Å²) in [5.74, 6) is 0. The fourth-order valence-corrected chi connectivity index (χ4v) is 1.40. The van der Waals surface area contributed by atoms with E-state index >= 15 is 0 Å². The van der Waals surface area contributed by atoms with E-state index in [1.807, 2.05) is 12.1 Å². The molecule has 0 spiro atoms. The average molecular weight is 147 g/mol. The first-order valence-corrected chi connectivity index (χ1v) is 4.17. The maximum atomic E-state index is 8.23. The Labute approximate surface area is 68.0 Å². The molecule has 1 nitrogen and oxygen atoms in total. The molecule has 11 heavy (non-hydrogen) atoms. The van der Waals surface area contributed by atoms with Crippen LogP contribution in [0.1, 0.15) is 32.1 Å². The molecular formula is C10H13N. The third-order valence-corrected chi connectivity index (χ3v) is 2.00. The Hall–Kier alpha value is -1.03. The van der Waals surface area contributed by atoms with Crippen LogP contribution in [0.25, 0.3) is 0 Å². The molecule has 1 rings (SSSR count). The Morgan fingerprint density at radius 2 is 1.91 bits per heavy atom. The zero-order chi connectivity index (χ0) is 7.94. The van der Waals surface area contributed by atoms with Crippen LogP contribution in [0.3, 0.4) is 0 Å². The highest BCUT2D eigenvalue weighted by Crippen LogP contribution is 2.22. The van der Waals surface area contributed by atoms with Crippen molar-refractivity contribution in [1.82, 2.24) is 0 Å². The monoisotopic (exact) mass is 147 g/mol. The van der Waals surface area contributed by atoms with E-state index in [4.69, 9.17) is 5.26 Å². The molecule has 0 heterocycles. The third-order valence-electron chi connectivity index (χ3n) is 2.00. The van der Waals surface area contributed by atoms with E-state index in [0.717, 1.165) is 0 Å². The molecular weight excluding hydrogens is 134 g/mol. The van der Waals surface area contributed by atoms with Gasteiger partial charge in [-0.1, -0.05) is 24.1 Å². The van der Waals surface area contributed by atoms with Gasteiger partial charge in [-0.3, -0.25) is 0 Å². The van der Waals surface area contributed by atoms with Gasteiger partial charge in [-0.25, -0.2) is 0 Å². The second-order valence-electron chi connectivity index (χ2n) is 2.87. The van der Waals surface area contributed by atoms with Crippen molar-refractivity contribution < 1.29 is 0 Å². The van der Waals surface area contributed by atoms with Crippen LogP contribution in [0.4, 0.5) is 0 Å². The molecule has 58 valence electrons. The molecule has 0 radical (unpaired) electrons. The number of rotatable bonds is 1. The Kier molecular flexibility index (Phi) is 3.47. The van der Waals surface area contributed by atoms with E-state index in [1.165, 1.54) is 43.8 Å². The minimum atomic E-state index is 1.23. The van der Waals surface area contributed by atoms with Crippen molar-refractivity contribution in [1.29, 1.82) is 5.26 Å². The number of nitriles is 1. The maximum absolute atomic E-state index is 8.23. The Morgan fingerprint density at radius 1 is 1.18 bits per heavy atom. The molecule has 0 saturated heterocycles. The number of allylic oxidation sites excluding steroid dienone is 4. The van der Waals surface area contributed by atoms with Gasteiger partial charge in [-0.05, 0) is 25.7 Å².